The molecule has 3 aromatic rings. The second-order valence-electron chi connectivity index (χ2n) is 6.50. The number of aliphatic carboxylic acids is 1. The molecule has 0 aliphatic carbocycles. The predicted octanol–water partition coefficient (Wildman–Crippen LogP) is 4.31. The van der Waals surface area contributed by atoms with Gasteiger partial charge < -0.3 is 9.84 Å². The van der Waals surface area contributed by atoms with Gasteiger partial charge in [0.25, 0.3) is 0 Å². The van der Waals surface area contributed by atoms with Gasteiger partial charge in [-0.15, -0.1) is 0 Å². The zero-order valence-electron chi connectivity index (χ0n) is 15.9. The maximum absolute atomic E-state index is 12.1. The molecule has 0 spiro atoms. The second-order valence-corrected chi connectivity index (χ2v) is 8.59. The van der Waals surface area contributed by atoms with Gasteiger partial charge >= 0.3 is 5.97 Å². The number of nitrogens with one attached hydrogen (secondary N) is 1. The summed E-state index contributed by atoms with van der Waals surface area (Å²) in [6, 6.07) is 19.5. The minimum absolute atomic E-state index is 0.0351. The van der Waals surface area contributed by atoms with Gasteiger partial charge in [0.2, 0.25) is 10.0 Å². The number of hydrogen-bond acceptors (Lipinski definition) is 4. The summed E-state index contributed by atoms with van der Waals surface area (Å²) in [7, 11) is -3.73. The molecule has 0 bridgehead atoms. The predicted molar refractivity (Wildman–Crippen MR) is 118 cm³/mol. The van der Waals surface area contributed by atoms with Crippen molar-refractivity contribution in [3.05, 3.63) is 82.7 Å². The van der Waals surface area contributed by atoms with Crippen LogP contribution in [-0.4, -0.2) is 32.1 Å². The Balaban J connectivity index is 1.62. The van der Waals surface area contributed by atoms with Gasteiger partial charge in [-0.2, -0.15) is 0 Å². The summed E-state index contributed by atoms with van der Waals surface area (Å²) in [6.07, 6.45) is 0.200. The highest BCUT2D eigenvalue weighted by Gasteiger charge is 2.21. The van der Waals surface area contributed by atoms with E-state index in [1.807, 2.05) is 30.3 Å². The average Bonchev–Trinajstić information content (AvgIpc) is 2.72. The van der Waals surface area contributed by atoms with Gasteiger partial charge in [0, 0.05) is 28.8 Å². The molecule has 0 saturated carbocycles. The number of ether oxygens (including phenoxy) is 1. The second kappa shape index (κ2) is 9.75. The third kappa shape index (κ3) is 6.06. The van der Waals surface area contributed by atoms with Crippen molar-refractivity contribution >= 4 is 44.4 Å². The summed E-state index contributed by atoms with van der Waals surface area (Å²) in [6.45, 7) is -0.0883. The molecule has 0 fully saturated rings. The van der Waals surface area contributed by atoms with Crippen LogP contribution in [0.15, 0.2) is 72.1 Å². The normalized spacial score (nSPS) is 12.8. The van der Waals surface area contributed by atoms with E-state index in [-0.39, 0.29) is 13.0 Å². The summed E-state index contributed by atoms with van der Waals surface area (Å²) in [5.74, 6) is -0.732. The number of halogens is 1. The van der Waals surface area contributed by atoms with Crippen molar-refractivity contribution in [2.45, 2.75) is 12.5 Å². The Morgan fingerprint density at radius 1 is 1.07 bits per heavy atom. The van der Waals surface area contributed by atoms with Crippen LogP contribution >= 0.6 is 11.6 Å². The summed E-state index contributed by atoms with van der Waals surface area (Å²) in [5, 5.41) is 12.8. The molecule has 1 atom stereocenters. The van der Waals surface area contributed by atoms with E-state index in [0.29, 0.717) is 16.3 Å². The highest BCUT2D eigenvalue weighted by molar-refractivity contribution is 7.92. The fourth-order valence-electron chi connectivity index (χ4n) is 2.81. The zero-order chi connectivity index (χ0) is 21.6. The van der Waals surface area contributed by atoms with Gasteiger partial charge in [0.1, 0.15) is 5.75 Å². The van der Waals surface area contributed by atoms with Crippen molar-refractivity contribution in [2.75, 3.05) is 6.54 Å². The molecule has 0 saturated heterocycles. The van der Waals surface area contributed by atoms with E-state index < -0.39 is 22.1 Å². The van der Waals surface area contributed by atoms with Crippen LogP contribution < -0.4 is 9.46 Å². The first-order valence-electron chi connectivity index (χ1n) is 9.14. The summed E-state index contributed by atoms with van der Waals surface area (Å²) >= 11 is 5.80. The van der Waals surface area contributed by atoms with Gasteiger partial charge in [-0.3, -0.25) is 0 Å². The number of sulfonamides is 1. The maximum Gasteiger partial charge on any atom is 0.344 e. The lowest BCUT2D eigenvalue weighted by Crippen LogP contribution is -2.33. The van der Waals surface area contributed by atoms with E-state index in [0.717, 1.165) is 16.2 Å². The monoisotopic (exact) mass is 445 g/mol. The number of carbonyl (C=O) groups is 1. The van der Waals surface area contributed by atoms with Gasteiger partial charge in [-0.05, 0) is 35.2 Å². The van der Waals surface area contributed by atoms with Crippen LogP contribution in [0.25, 0.3) is 16.8 Å². The fourth-order valence-corrected chi connectivity index (χ4v) is 3.77. The smallest absolute Gasteiger partial charge is 0.344 e. The molecule has 6 nitrogen and oxygen atoms in total. The minimum atomic E-state index is -3.73. The van der Waals surface area contributed by atoms with Crippen molar-refractivity contribution in [1.82, 2.24) is 4.72 Å². The average molecular weight is 446 g/mol. The van der Waals surface area contributed by atoms with Crippen LogP contribution in [0.1, 0.15) is 12.0 Å². The lowest BCUT2D eigenvalue weighted by molar-refractivity contribution is -0.145. The van der Waals surface area contributed by atoms with Crippen molar-refractivity contribution in [3.63, 3.8) is 0 Å². The number of hydrogen-bond donors (Lipinski definition) is 2. The Morgan fingerprint density at radius 3 is 2.50 bits per heavy atom. The first-order chi connectivity index (χ1) is 14.3. The van der Waals surface area contributed by atoms with Crippen LogP contribution in [0, 0.1) is 0 Å². The van der Waals surface area contributed by atoms with E-state index >= 15 is 0 Å². The molecule has 0 amide bonds. The number of carboxylic acids is 1. The Hall–Kier alpha value is -2.87. The van der Waals surface area contributed by atoms with E-state index in [1.54, 1.807) is 36.4 Å². The van der Waals surface area contributed by atoms with Crippen LogP contribution in [0.5, 0.6) is 5.75 Å². The molecular formula is C22H20ClNO5S. The topological polar surface area (TPSA) is 92.7 Å². The van der Waals surface area contributed by atoms with Crippen LogP contribution in [0.2, 0.25) is 5.02 Å². The molecule has 30 heavy (non-hydrogen) atoms. The quantitative estimate of drug-likeness (QED) is 0.512. The Bertz CT molecular complexity index is 1150. The van der Waals surface area contributed by atoms with Crippen molar-refractivity contribution < 1.29 is 23.1 Å². The molecule has 1 unspecified atom stereocenters. The number of fused-ring (bicyclic) bond motifs is 1. The summed E-state index contributed by atoms with van der Waals surface area (Å²) in [5.41, 5.74) is 0.674. The van der Waals surface area contributed by atoms with Gasteiger partial charge in [0.05, 0.1) is 0 Å². The van der Waals surface area contributed by atoms with E-state index in [1.165, 1.54) is 6.08 Å². The molecule has 0 radical (unpaired) electrons. The molecule has 8 heteroatoms. The molecule has 0 aromatic heterocycles. The SMILES string of the molecule is O=C(O)C(CCNS(=O)(=O)C=Cc1ccc(Cl)cc1)Oc1cccc2ccccc12. The largest absolute Gasteiger partial charge is 0.479 e. The van der Waals surface area contributed by atoms with Gasteiger partial charge in [-0.25, -0.2) is 17.9 Å². The third-order valence-corrected chi connectivity index (χ3v) is 5.67. The highest BCUT2D eigenvalue weighted by atomic mass is 35.5. The van der Waals surface area contributed by atoms with E-state index in [2.05, 4.69) is 4.72 Å². The molecule has 0 heterocycles. The number of benzene rings is 3. The lowest BCUT2D eigenvalue weighted by Gasteiger charge is -2.16. The molecular weight excluding hydrogens is 426 g/mol. The van der Waals surface area contributed by atoms with Crippen molar-refractivity contribution in [1.29, 1.82) is 0 Å². The molecule has 0 aliphatic rings. The summed E-state index contributed by atoms with van der Waals surface area (Å²) in [4.78, 5) is 11.6. The number of rotatable bonds is 9. The minimum Gasteiger partial charge on any atom is -0.479 e. The van der Waals surface area contributed by atoms with Crippen molar-refractivity contribution in [3.8, 4) is 5.75 Å². The molecule has 3 aromatic carbocycles. The Kier molecular flexibility index (Phi) is 7.10. The fraction of sp³-hybridized carbons (Fsp3) is 0.136. The highest BCUT2D eigenvalue weighted by Crippen LogP contribution is 2.26. The maximum atomic E-state index is 12.1. The molecule has 156 valence electrons. The van der Waals surface area contributed by atoms with E-state index in [4.69, 9.17) is 16.3 Å². The Morgan fingerprint density at radius 2 is 1.77 bits per heavy atom. The third-order valence-electron chi connectivity index (χ3n) is 4.31. The molecule has 2 N–H and O–H groups in total. The standard InChI is InChI=1S/C22H20ClNO5S/c23-18-10-8-16(9-11-18)13-15-30(27,28)24-14-12-21(22(25)26)29-20-7-3-5-17-4-1-2-6-19(17)20/h1-11,13,15,21,24H,12,14H2,(H,25,26). The van der Waals surface area contributed by atoms with Crippen molar-refractivity contribution in [2.24, 2.45) is 0 Å². The Labute approximate surface area is 179 Å². The van der Waals surface area contributed by atoms with Crippen LogP contribution in [0.4, 0.5) is 0 Å². The zero-order valence-corrected chi connectivity index (χ0v) is 17.4. The van der Waals surface area contributed by atoms with Gasteiger partial charge in [0.15, 0.2) is 6.10 Å². The lowest BCUT2D eigenvalue weighted by atomic mass is 10.1. The van der Waals surface area contributed by atoms with Gasteiger partial charge in [-0.1, -0.05) is 60.1 Å². The van der Waals surface area contributed by atoms with E-state index in [9.17, 15) is 18.3 Å². The first-order valence-corrected chi connectivity index (χ1v) is 11.1. The summed E-state index contributed by atoms with van der Waals surface area (Å²) < 4.78 is 32.3. The van der Waals surface area contributed by atoms with Crippen LogP contribution in [-0.2, 0) is 14.8 Å². The molecule has 3 rings (SSSR count). The first kappa shape index (κ1) is 21.8. The van der Waals surface area contributed by atoms with Crippen LogP contribution in [0.3, 0.4) is 0 Å². The number of carboxylic acid groups (broad SMARTS) is 1. The molecule has 0 aliphatic heterocycles.